The number of thiophene rings is 1. The molecule has 0 aliphatic heterocycles. The van der Waals surface area contributed by atoms with Crippen molar-refractivity contribution in [2.45, 2.75) is 37.8 Å². The lowest BCUT2D eigenvalue weighted by Gasteiger charge is -2.13. The van der Waals surface area contributed by atoms with E-state index in [1.54, 1.807) is 49.2 Å². The average Bonchev–Trinajstić information content (AvgIpc) is 3.33. The van der Waals surface area contributed by atoms with Crippen LogP contribution < -0.4 is 20.5 Å². The molecular formula is C28H28N4O4S2. The molecule has 0 bridgehead atoms. The Morgan fingerprint density at radius 3 is 2.63 bits per heavy atom. The van der Waals surface area contributed by atoms with Gasteiger partial charge in [-0.2, -0.15) is 5.10 Å². The van der Waals surface area contributed by atoms with Crippen LogP contribution in [0, 0.1) is 0 Å². The van der Waals surface area contributed by atoms with Crippen LogP contribution in [0.4, 0.5) is 0 Å². The zero-order chi connectivity index (χ0) is 26.6. The van der Waals surface area contributed by atoms with Gasteiger partial charge in [0.05, 0.1) is 36.8 Å². The SMILES string of the molecule is COc1ccc(/C(C)=N\NC(=O)CSc2nc3sc4c(c3c(=O)n2-c2ccccc2)CCCC4)cc1OC. The molecule has 196 valence electrons. The number of nitrogens with zero attached hydrogens (tertiary/aromatic N) is 3. The number of hydrogen-bond donors (Lipinski definition) is 1. The summed E-state index contributed by atoms with van der Waals surface area (Å²) in [5.74, 6) is 0.954. The van der Waals surface area contributed by atoms with Gasteiger partial charge in [0.2, 0.25) is 0 Å². The van der Waals surface area contributed by atoms with Crippen molar-refractivity contribution in [3.63, 3.8) is 0 Å². The Labute approximate surface area is 228 Å². The number of carbonyl (C=O) groups is 1. The predicted octanol–water partition coefficient (Wildman–Crippen LogP) is 4.98. The van der Waals surface area contributed by atoms with Gasteiger partial charge < -0.3 is 9.47 Å². The molecule has 0 saturated heterocycles. The summed E-state index contributed by atoms with van der Waals surface area (Å²) in [5, 5.41) is 5.46. The van der Waals surface area contributed by atoms with Gasteiger partial charge in [0.1, 0.15) is 4.83 Å². The molecule has 1 aliphatic carbocycles. The van der Waals surface area contributed by atoms with Gasteiger partial charge >= 0.3 is 0 Å². The molecule has 10 heteroatoms. The number of aryl methyl sites for hydroxylation is 2. The minimum absolute atomic E-state index is 0.0542. The molecule has 2 heterocycles. The summed E-state index contributed by atoms with van der Waals surface area (Å²) in [6, 6.07) is 14.9. The third-order valence-electron chi connectivity index (χ3n) is 6.45. The number of para-hydroxylation sites is 1. The summed E-state index contributed by atoms with van der Waals surface area (Å²) in [7, 11) is 3.14. The lowest BCUT2D eigenvalue weighted by atomic mass is 9.97. The van der Waals surface area contributed by atoms with Crippen LogP contribution in [0.15, 0.2) is 63.6 Å². The fourth-order valence-corrected chi connectivity index (χ4v) is 6.63. The first-order chi connectivity index (χ1) is 18.5. The smallest absolute Gasteiger partial charge is 0.267 e. The zero-order valence-corrected chi connectivity index (χ0v) is 23.1. The van der Waals surface area contributed by atoms with E-state index in [1.165, 1.54) is 16.6 Å². The summed E-state index contributed by atoms with van der Waals surface area (Å²) in [6.07, 6.45) is 4.12. The lowest BCUT2D eigenvalue weighted by Crippen LogP contribution is -2.24. The Morgan fingerprint density at radius 1 is 1.11 bits per heavy atom. The van der Waals surface area contributed by atoms with E-state index < -0.39 is 0 Å². The van der Waals surface area contributed by atoms with Gasteiger partial charge in [0.15, 0.2) is 16.7 Å². The van der Waals surface area contributed by atoms with E-state index in [-0.39, 0.29) is 17.2 Å². The number of benzene rings is 2. The van der Waals surface area contributed by atoms with E-state index in [0.29, 0.717) is 22.4 Å². The molecule has 0 atom stereocenters. The zero-order valence-electron chi connectivity index (χ0n) is 21.4. The molecule has 0 unspecified atom stereocenters. The highest BCUT2D eigenvalue weighted by Crippen LogP contribution is 2.35. The Hall–Kier alpha value is -3.63. The van der Waals surface area contributed by atoms with Crippen molar-refractivity contribution in [3.8, 4) is 17.2 Å². The number of hydrazone groups is 1. The number of thioether (sulfide) groups is 1. The maximum Gasteiger partial charge on any atom is 0.267 e. The van der Waals surface area contributed by atoms with E-state index in [2.05, 4.69) is 10.5 Å². The van der Waals surface area contributed by atoms with Crippen LogP contribution in [0.2, 0.25) is 0 Å². The second kappa shape index (κ2) is 11.4. The van der Waals surface area contributed by atoms with Crippen LogP contribution in [-0.4, -0.2) is 41.1 Å². The first kappa shape index (κ1) is 26.0. The van der Waals surface area contributed by atoms with E-state index in [1.807, 2.05) is 36.4 Å². The third-order valence-corrected chi connectivity index (χ3v) is 8.58. The molecule has 0 radical (unpaired) electrons. The normalized spacial score (nSPS) is 13.3. The molecule has 0 saturated carbocycles. The fraction of sp³-hybridized carbons (Fsp3) is 0.286. The predicted molar refractivity (Wildman–Crippen MR) is 152 cm³/mol. The quantitative estimate of drug-likeness (QED) is 0.145. The number of amides is 1. The molecule has 8 nitrogen and oxygen atoms in total. The molecule has 0 spiro atoms. The third kappa shape index (κ3) is 5.19. The Bertz CT molecular complexity index is 1580. The number of ether oxygens (including phenoxy) is 2. The largest absolute Gasteiger partial charge is 0.493 e. The first-order valence-electron chi connectivity index (χ1n) is 12.3. The number of rotatable bonds is 8. The summed E-state index contributed by atoms with van der Waals surface area (Å²) in [4.78, 5) is 33.4. The van der Waals surface area contributed by atoms with Crippen molar-refractivity contribution < 1.29 is 14.3 Å². The van der Waals surface area contributed by atoms with Crippen LogP contribution in [-0.2, 0) is 17.6 Å². The van der Waals surface area contributed by atoms with Crippen molar-refractivity contribution in [1.82, 2.24) is 15.0 Å². The molecule has 2 aromatic carbocycles. The van der Waals surface area contributed by atoms with E-state index >= 15 is 0 Å². The molecule has 2 aromatic heterocycles. The van der Waals surface area contributed by atoms with Crippen molar-refractivity contribution in [1.29, 1.82) is 0 Å². The molecule has 5 rings (SSSR count). The van der Waals surface area contributed by atoms with Crippen molar-refractivity contribution in [3.05, 3.63) is 74.9 Å². The molecule has 38 heavy (non-hydrogen) atoms. The number of methoxy groups -OCH3 is 2. The summed E-state index contributed by atoms with van der Waals surface area (Å²) in [6.45, 7) is 1.80. The second-order valence-corrected chi connectivity index (χ2v) is 10.9. The molecule has 1 amide bonds. The fourth-order valence-electron chi connectivity index (χ4n) is 4.52. The van der Waals surface area contributed by atoms with Crippen molar-refractivity contribution >= 4 is 44.9 Å². The van der Waals surface area contributed by atoms with Crippen LogP contribution >= 0.6 is 23.1 Å². The molecule has 1 aliphatic rings. The Morgan fingerprint density at radius 2 is 1.87 bits per heavy atom. The van der Waals surface area contributed by atoms with E-state index in [0.717, 1.165) is 52.7 Å². The van der Waals surface area contributed by atoms with Gasteiger partial charge in [0.25, 0.3) is 11.5 Å². The first-order valence-corrected chi connectivity index (χ1v) is 14.1. The van der Waals surface area contributed by atoms with Crippen molar-refractivity contribution in [2.24, 2.45) is 5.10 Å². The van der Waals surface area contributed by atoms with Crippen LogP contribution in [0.1, 0.15) is 35.8 Å². The van der Waals surface area contributed by atoms with Gasteiger partial charge in [-0.1, -0.05) is 30.0 Å². The number of aromatic nitrogens is 2. The summed E-state index contributed by atoms with van der Waals surface area (Å²) >= 11 is 2.83. The van der Waals surface area contributed by atoms with Gasteiger partial charge in [-0.05, 0) is 68.5 Å². The molecule has 0 fully saturated rings. The van der Waals surface area contributed by atoms with Gasteiger partial charge in [-0.3, -0.25) is 14.2 Å². The maximum atomic E-state index is 13.8. The topological polar surface area (TPSA) is 94.8 Å². The Balaban J connectivity index is 1.39. The highest BCUT2D eigenvalue weighted by atomic mass is 32.2. The van der Waals surface area contributed by atoms with E-state index in [4.69, 9.17) is 14.5 Å². The van der Waals surface area contributed by atoms with Gasteiger partial charge in [-0.25, -0.2) is 10.4 Å². The molecular weight excluding hydrogens is 520 g/mol. The standard InChI is InChI=1S/C28H28N4O4S2/c1-17(18-13-14-21(35-2)22(15-18)36-3)30-31-24(33)16-37-28-29-26-25(20-11-7-8-12-23(20)38-26)27(34)32(28)19-9-5-4-6-10-19/h4-6,9-10,13-15H,7-8,11-12,16H2,1-3H3,(H,31,33)/b30-17-. The highest BCUT2D eigenvalue weighted by Gasteiger charge is 2.23. The number of fused-ring (bicyclic) bond motifs is 3. The molecule has 4 aromatic rings. The van der Waals surface area contributed by atoms with Crippen LogP contribution in [0.3, 0.4) is 0 Å². The number of carbonyl (C=O) groups excluding carboxylic acids is 1. The highest BCUT2D eigenvalue weighted by molar-refractivity contribution is 7.99. The minimum Gasteiger partial charge on any atom is -0.493 e. The van der Waals surface area contributed by atoms with Crippen molar-refractivity contribution in [2.75, 3.05) is 20.0 Å². The monoisotopic (exact) mass is 548 g/mol. The van der Waals surface area contributed by atoms with E-state index in [9.17, 15) is 9.59 Å². The minimum atomic E-state index is -0.297. The number of nitrogens with one attached hydrogen (secondary N) is 1. The Kier molecular flexibility index (Phi) is 7.80. The molecule has 1 N–H and O–H groups in total. The van der Waals surface area contributed by atoms with Gasteiger partial charge in [0, 0.05) is 10.4 Å². The van der Waals surface area contributed by atoms with Crippen LogP contribution in [0.25, 0.3) is 15.9 Å². The second-order valence-electron chi connectivity index (χ2n) is 8.85. The lowest BCUT2D eigenvalue weighted by molar-refractivity contribution is -0.118. The van der Waals surface area contributed by atoms with Crippen LogP contribution in [0.5, 0.6) is 11.5 Å². The summed E-state index contributed by atoms with van der Waals surface area (Å²) < 4.78 is 12.3. The summed E-state index contributed by atoms with van der Waals surface area (Å²) in [5.41, 5.74) is 5.82. The number of hydrogen-bond acceptors (Lipinski definition) is 8. The van der Waals surface area contributed by atoms with Gasteiger partial charge in [-0.15, -0.1) is 11.3 Å². The maximum absolute atomic E-state index is 13.8. The average molecular weight is 549 g/mol.